The Morgan fingerprint density at radius 3 is 2.26 bits per heavy atom. The number of benzene rings is 3. The fourth-order valence-electron chi connectivity index (χ4n) is 2.52. The molecule has 0 spiro atoms. The predicted molar refractivity (Wildman–Crippen MR) is 114 cm³/mol. The van der Waals surface area contributed by atoms with Crippen LogP contribution in [0.2, 0.25) is 0 Å². The van der Waals surface area contributed by atoms with Gasteiger partial charge in [-0.1, -0.05) is 54.6 Å². The number of hydrogen-bond acceptors (Lipinski definition) is 4. The number of thioether (sulfide) groups is 2. The lowest BCUT2D eigenvalue weighted by atomic mass is 10.1. The summed E-state index contributed by atoms with van der Waals surface area (Å²) in [5.74, 6) is 0.634. The molecule has 3 aromatic carbocycles. The van der Waals surface area contributed by atoms with Gasteiger partial charge < -0.3 is 5.32 Å². The van der Waals surface area contributed by atoms with Crippen molar-refractivity contribution in [2.75, 3.05) is 16.8 Å². The van der Waals surface area contributed by atoms with Crippen LogP contribution in [0.15, 0.2) is 88.7 Å². The Morgan fingerprint density at radius 1 is 0.852 bits per heavy atom. The fraction of sp³-hybridized carbons (Fsp3) is 0.0909. The molecule has 3 rings (SSSR count). The summed E-state index contributed by atoms with van der Waals surface area (Å²) in [6.07, 6.45) is 0. The van der Waals surface area contributed by atoms with Gasteiger partial charge in [0.1, 0.15) is 0 Å². The molecule has 3 aromatic rings. The predicted octanol–water partition coefficient (Wildman–Crippen LogP) is 5.70. The number of hydrogen-bond donors (Lipinski definition) is 1. The zero-order valence-electron chi connectivity index (χ0n) is 14.6. The summed E-state index contributed by atoms with van der Waals surface area (Å²) >= 11 is 2.92. The van der Waals surface area contributed by atoms with Crippen LogP contribution in [0.1, 0.15) is 0 Å². The maximum Gasteiger partial charge on any atom is 0.234 e. The minimum absolute atomic E-state index is 0.0582. The van der Waals surface area contributed by atoms with Gasteiger partial charge in [-0.2, -0.15) is 5.26 Å². The molecule has 0 bridgehead atoms. The SMILES string of the molecule is N#CCSc1ccccc1NC(=O)CSc1ccc(-c2ccccc2)cc1. The van der Waals surface area contributed by atoms with E-state index in [1.54, 1.807) is 0 Å². The number of nitrogens with one attached hydrogen (secondary N) is 1. The van der Waals surface area contributed by atoms with Gasteiger partial charge in [0.15, 0.2) is 0 Å². The van der Waals surface area contributed by atoms with Gasteiger partial charge in [-0.05, 0) is 35.4 Å². The van der Waals surface area contributed by atoms with Crippen molar-refractivity contribution in [2.45, 2.75) is 9.79 Å². The molecule has 0 heterocycles. The summed E-state index contributed by atoms with van der Waals surface area (Å²) in [5, 5.41) is 11.7. The third-order valence-corrected chi connectivity index (χ3v) is 5.74. The molecule has 0 atom stereocenters. The van der Waals surface area contributed by atoms with E-state index >= 15 is 0 Å². The monoisotopic (exact) mass is 390 g/mol. The summed E-state index contributed by atoms with van der Waals surface area (Å²) < 4.78 is 0. The van der Waals surface area contributed by atoms with Crippen molar-refractivity contribution in [2.24, 2.45) is 0 Å². The second-order valence-electron chi connectivity index (χ2n) is 5.67. The van der Waals surface area contributed by atoms with Crippen LogP contribution in [0, 0.1) is 11.3 Å². The normalized spacial score (nSPS) is 10.2. The van der Waals surface area contributed by atoms with Crippen molar-refractivity contribution < 1.29 is 4.79 Å². The second-order valence-corrected chi connectivity index (χ2v) is 7.74. The highest BCUT2D eigenvalue weighted by atomic mass is 32.2. The number of nitrogens with zero attached hydrogens (tertiary/aromatic N) is 1. The van der Waals surface area contributed by atoms with Gasteiger partial charge >= 0.3 is 0 Å². The van der Waals surface area contributed by atoms with Gasteiger partial charge in [-0.25, -0.2) is 0 Å². The van der Waals surface area contributed by atoms with Crippen molar-refractivity contribution in [1.29, 1.82) is 5.26 Å². The number of anilines is 1. The van der Waals surface area contributed by atoms with Crippen molar-refractivity contribution >= 4 is 35.1 Å². The minimum Gasteiger partial charge on any atom is -0.324 e. The van der Waals surface area contributed by atoms with E-state index in [9.17, 15) is 4.79 Å². The molecule has 5 heteroatoms. The molecule has 0 saturated heterocycles. The Balaban J connectivity index is 1.56. The lowest BCUT2D eigenvalue weighted by Crippen LogP contribution is -2.14. The quantitative estimate of drug-likeness (QED) is 0.526. The van der Waals surface area contributed by atoms with E-state index in [2.05, 4.69) is 35.7 Å². The molecule has 0 aromatic heterocycles. The Morgan fingerprint density at radius 2 is 1.52 bits per heavy atom. The number of rotatable bonds is 7. The molecule has 0 radical (unpaired) electrons. The zero-order valence-corrected chi connectivity index (χ0v) is 16.2. The number of nitriles is 1. The molecular weight excluding hydrogens is 372 g/mol. The summed E-state index contributed by atoms with van der Waals surface area (Å²) in [6.45, 7) is 0. The first-order chi connectivity index (χ1) is 13.3. The highest BCUT2D eigenvalue weighted by molar-refractivity contribution is 8.00. The summed E-state index contributed by atoms with van der Waals surface area (Å²) in [4.78, 5) is 14.3. The smallest absolute Gasteiger partial charge is 0.234 e. The maximum atomic E-state index is 12.3. The summed E-state index contributed by atoms with van der Waals surface area (Å²) in [5.41, 5.74) is 3.09. The number of carbonyl (C=O) groups excluding carboxylic acids is 1. The van der Waals surface area contributed by atoms with Crippen molar-refractivity contribution in [1.82, 2.24) is 0 Å². The molecular formula is C22H18N2OS2. The third kappa shape index (κ3) is 5.65. The average Bonchev–Trinajstić information content (AvgIpc) is 2.73. The van der Waals surface area contributed by atoms with E-state index in [0.717, 1.165) is 21.0 Å². The Bertz CT molecular complexity index is 935. The summed E-state index contributed by atoms with van der Waals surface area (Å²) in [7, 11) is 0. The van der Waals surface area contributed by atoms with Crippen LogP contribution >= 0.6 is 23.5 Å². The van der Waals surface area contributed by atoms with E-state index < -0.39 is 0 Å². The van der Waals surface area contributed by atoms with Gasteiger partial charge in [-0.3, -0.25) is 4.79 Å². The molecule has 0 aliphatic heterocycles. The lowest BCUT2D eigenvalue weighted by Gasteiger charge is -2.09. The third-order valence-electron chi connectivity index (χ3n) is 3.78. The van der Waals surface area contributed by atoms with Crippen molar-refractivity contribution in [3.63, 3.8) is 0 Å². The molecule has 3 nitrogen and oxygen atoms in total. The second kappa shape index (κ2) is 9.86. The topological polar surface area (TPSA) is 52.9 Å². The highest BCUT2D eigenvalue weighted by Gasteiger charge is 2.08. The number of amides is 1. The molecule has 0 unspecified atom stereocenters. The Kier molecular flexibility index (Phi) is 6.97. The highest BCUT2D eigenvalue weighted by Crippen LogP contribution is 2.28. The molecule has 1 N–H and O–H groups in total. The average molecular weight is 391 g/mol. The van der Waals surface area contributed by atoms with Crippen molar-refractivity contribution in [3.05, 3.63) is 78.9 Å². The fourth-order valence-corrected chi connectivity index (χ4v) is 3.88. The van der Waals surface area contributed by atoms with E-state index in [4.69, 9.17) is 5.26 Å². The van der Waals surface area contributed by atoms with Gasteiger partial charge in [-0.15, -0.1) is 23.5 Å². The summed E-state index contributed by atoms with van der Waals surface area (Å²) in [6, 6.07) is 28.1. The van der Waals surface area contributed by atoms with E-state index in [0.29, 0.717) is 11.5 Å². The van der Waals surface area contributed by atoms with Gasteiger partial charge in [0.2, 0.25) is 5.91 Å². The van der Waals surface area contributed by atoms with Gasteiger partial charge in [0, 0.05) is 9.79 Å². The van der Waals surface area contributed by atoms with E-state index in [-0.39, 0.29) is 5.91 Å². The van der Waals surface area contributed by atoms with Gasteiger partial charge in [0.25, 0.3) is 0 Å². The first-order valence-corrected chi connectivity index (χ1v) is 10.4. The molecule has 0 aliphatic rings. The molecule has 134 valence electrons. The van der Waals surface area contributed by atoms with Gasteiger partial charge in [0.05, 0.1) is 23.3 Å². The lowest BCUT2D eigenvalue weighted by molar-refractivity contribution is -0.113. The van der Waals surface area contributed by atoms with E-state index in [1.165, 1.54) is 29.1 Å². The van der Waals surface area contributed by atoms with Crippen LogP contribution in [-0.4, -0.2) is 17.4 Å². The minimum atomic E-state index is -0.0582. The van der Waals surface area contributed by atoms with Crippen LogP contribution in [0.25, 0.3) is 11.1 Å². The Hall–Kier alpha value is -2.68. The Labute approximate surface area is 167 Å². The standard InChI is InChI=1S/C22H18N2OS2/c23-14-15-26-21-9-5-4-8-20(21)24-22(25)16-27-19-12-10-18(11-13-19)17-6-2-1-3-7-17/h1-13H,15-16H2,(H,24,25). The largest absolute Gasteiger partial charge is 0.324 e. The molecule has 0 saturated carbocycles. The van der Waals surface area contributed by atoms with Crippen LogP contribution < -0.4 is 5.32 Å². The number of carbonyl (C=O) groups is 1. The molecule has 0 fully saturated rings. The maximum absolute atomic E-state index is 12.3. The molecule has 27 heavy (non-hydrogen) atoms. The van der Waals surface area contributed by atoms with E-state index in [1.807, 2.05) is 54.6 Å². The number of para-hydroxylation sites is 1. The van der Waals surface area contributed by atoms with Crippen LogP contribution in [0.4, 0.5) is 5.69 Å². The molecule has 1 amide bonds. The van der Waals surface area contributed by atoms with Crippen LogP contribution in [-0.2, 0) is 4.79 Å². The first-order valence-electron chi connectivity index (χ1n) is 8.43. The molecule has 0 aliphatic carbocycles. The first kappa shape index (κ1) is 19.1. The van der Waals surface area contributed by atoms with Crippen LogP contribution in [0.3, 0.4) is 0 Å². The van der Waals surface area contributed by atoms with Crippen molar-refractivity contribution in [3.8, 4) is 17.2 Å². The van der Waals surface area contributed by atoms with Crippen LogP contribution in [0.5, 0.6) is 0 Å². The zero-order chi connectivity index (χ0) is 18.9.